The van der Waals surface area contributed by atoms with E-state index in [0.29, 0.717) is 24.1 Å². The number of anilines is 4. The fourth-order valence-electron chi connectivity index (χ4n) is 7.15. The van der Waals surface area contributed by atoms with Crippen LogP contribution in [0.4, 0.5) is 23.0 Å². The fraction of sp³-hybridized carbons (Fsp3) is 0.514. The largest absolute Gasteiger partial charge is 0.497 e. The summed E-state index contributed by atoms with van der Waals surface area (Å²) in [6.07, 6.45) is 5.85. The molecule has 3 aromatic rings. The Morgan fingerprint density at radius 3 is 2.44 bits per heavy atom. The molecule has 240 valence electrons. The number of methoxy groups -OCH3 is 1. The van der Waals surface area contributed by atoms with Crippen molar-refractivity contribution in [2.75, 3.05) is 69.0 Å². The van der Waals surface area contributed by atoms with E-state index in [1.165, 1.54) is 61.4 Å². The number of benzene rings is 2. The molecule has 2 aromatic carbocycles. The molecule has 2 saturated heterocycles. The van der Waals surface area contributed by atoms with Crippen molar-refractivity contribution in [1.82, 2.24) is 19.8 Å². The Bertz CT molecular complexity index is 1510. The van der Waals surface area contributed by atoms with E-state index in [1.54, 1.807) is 7.11 Å². The first-order chi connectivity index (χ1) is 21.8. The fourth-order valence-corrected chi connectivity index (χ4v) is 7.15. The normalized spacial score (nSPS) is 19.6. The van der Waals surface area contributed by atoms with Crippen LogP contribution in [0.25, 0.3) is 0 Å². The smallest absolute Gasteiger partial charge is 0.271 e. The number of primary amides is 1. The molecule has 6 rings (SSSR count). The van der Waals surface area contributed by atoms with Crippen LogP contribution < -0.4 is 26.0 Å². The average Bonchev–Trinajstić information content (AvgIpc) is 3.05. The van der Waals surface area contributed by atoms with Crippen LogP contribution >= 0.6 is 0 Å². The van der Waals surface area contributed by atoms with E-state index < -0.39 is 5.91 Å². The monoisotopic (exact) mass is 612 g/mol. The summed E-state index contributed by atoms with van der Waals surface area (Å²) in [5.41, 5.74) is 12.6. The predicted octanol–water partition coefficient (Wildman–Crippen LogP) is 4.38. The van der Waals surface area contributed by atoms with Crippen molar-refractivity contribution in [2.45, 2.75) is 64.5 Å². The Morgan fingerprint density at radius 1 is 0.978 bits per heavy atom. The second-order valence-electron chi connectivity index (χ2n) is 12.8. The summed E-state index contributed by atoms with van der Waals surface area (Å²) >= 11 is 0. The molecule has 1 amide bonds. The molecule has 2 fully saturated rings. The number of nitrogens with zero attached hydrogens (tertiary/aromatic N) is 5. The van der Waals surface area contributed by atoms with Crippen molar-refractivity contribution in [3.63, 3.8) is 0 Å². The van der Waals surface area contributed by atoms with Crippen LogP contribution in [0.15, 0.2) is 36.4 Å². The van der Waals surface area contributed by atoms with Crippen molar-refractivity contribution in [3.8, 4) is 5.75 Å². The molecule has 1 aromatic heterocycles. The number of likely N-dealkylation sites (N-methyl/N-ethyl adjacent to an activating group) is 1. The Kier molecular flexibility index (Phi) is 9.42. The molecule has 10 heteroatoms. The number of aromatic nitrogens is 2. The van der Waals surface area contributed by atoms with Gasteiger partial charge in [0.2, 0.25) is 0 Å². The minimum Gasteiger partial charge on any atom is -0.497 e. The molecule has 3 aliphatic rings. The Balaban J connectivity index is 1.16. The van der Waals surface area contributed by atoms with Gasteiger partial charge in [-0.1, -0.05) is 13.0 Å². The summed E-state index contributed by atoms with van der Waals surface area (Å²) < 4.78 is 5.46. The zero-order valence-corrected chi connectivity index (χ0v) is 27.2. The Labute approximate surface area is 267 Å². The van der Waals surface area contributed by atoms with Gasteiger partial charge in [0.05, 0.1) is 12.8 Å². The van der Waals surface area contributed by atoms with E-state index in [-0.39, 0.29) is 11.7 Å². The quantitative estimate of drug-likeness (QED) is 0.324. The van der Waals surface area contributed by atoms with Gasteiger partial charge >= 0.3 is 0 Å². The summed E-state index contributed by atoms with van der Waals surface area (Å²) in [6.45, 7) is 11.0. The first-order valence-corrected chi connectivity index (χ1v) is 16.5. The zero-order valence-electron chi connectivity index (χ0n) is 27.2. The number of aryl methyl sites for hydroxylation is 3. The number of hydrogen-bond acceptors (Lipinski definition) is 9. The number of carbonyl (C=O) groups is 1. The molecule has 0 spiro atoms. The highest BCUT2D eigenvalue weighted by Gasteiger charge is 2.28. The maximum atomic E-state index is 12.5. The topological polar surface area (TPSA) is 112 Å². The van der Waals surface area contributed by atoms with Crippen LogP contribution in [0.3, 0.4) is 0 Å². The van der Waals surface area contributed by atoms with Crippen molar-refractivity contribution >= 4 is 28.9 Å². The molecular weight excluding hydrogens is 564 g/mol. The van der Waals surface area contributed by atoms with Gasteiger partial charge in [0, 0.05) is 62.7 Å². The third-order valence-corrected chi connectivity index (χ3v) is 9.84. The van der Waals surface area contributed by atoms with E-state index in [9.17, 15) is 4.79 Å². The van der Waals surface area contributed by atoms with Gasteiger partial charge in [-0.2, -0.15) is 0 Å². The zero-order chi connectivity index (χ0) is 31.5. The first kappa shape index (κ1) is 31.1. The predicted molar refractivity (Wildman–Crippen MR) is 181 cm³/mol. The van der Waals surface area contributed by atoms with Gasteiger partial charge in [-0.25, -0.2) is 9.97 Å². The number of nitrogens with one attached hydrogen (secondary N) is 2. The molecule has 2 aliphatic heterocycles. The van der Waals surface area contributed by atoms with Crippen LogP contribution in [0.5, 0.6) is 5.75 Å². The van der Waals surface area contributed by atoms with Crippen LogP contribution in [-0.2, 0) is 19.3 Å². The van der Waals surface area contributed by atoms with Crippen LogP contribution in [0.2, 0.25) is 0 Å². The summed E-state index contributed by atoms with van der Waals surface area (Å²) in [6, 6.07) is 13.6. The molecule has 45 heavy (non-hydrogen) atoms. The number of ether oxygens (including phenoxy) is 1. The van der Waals surface area contributed by atoms with Crippen LogP contribution in [-0.4, -0.2) is 91.2 Å². The lowest BCUT2D eigenvalue weighted by molar-refractivity contribution is 0.0982. The molecule has 4 N–H and O–H groups in total. The first-order valence-electron chi connectivity index (χ1n) is 16.5. The lowest BCUT2D eigenvalue weighted by Gasteiger charge is -2.43. The number of carbonyl (C=O) groups excluding carboxylic acids is 1. The Morgan fingerprint density at radius 2 is 1.76 bits per heavy atom. The molecule has 0 radical (unpaired) electrons. The number of piperidine rings is 1. The second-order valence-corrected chi connectivity index (χ2v) is 12.8. The lowest BCUT2D eigenvalue weighted by atomic mass is 9.88. The number of nitrogens with two attached hydrogens (primary N) is 1. The van der Waals surface area contributed by atoms with Crippen molar-refractivity contribution in [1.29, 1.82) is 0 Å². The molecular formula is C35H48N8O2. The van der Waals surface area contributed by atoms with Gasteiger partial charge < -0.3 is 30.9 Å². The van der Waals surface area contributed by atoms with Gasteiger partial charge in [0.15, 0.2) is 17.3 Å². The maximum Gasteiger partial charge on any atom is 0.271 e. The molecule has 0 saturated carbocycles. The van der Waals surface area contributed by atoms with E-state index in [4.69, 9.17) is 20.4 Å². The highest BCUT2D eigenvalue weighted by molar-refractivity contribution is 5.96. The molecule has 0 bridgehead atoms. The van der Waals surface area contributed by atoms with Gasteiger partial charge in [0.1, 0.15) is 5.75 Å². The lowest BCUT2D eigenvalue weighted by Crippen LogP contribution is -2.52. The third kappa shape index (κ3) is 7.02. The minimum absolute atomic E-state index is 0.156. The highest BCUT2D eigenvalue weighted by Crippen LogP contribution is 2.31. The second kappa shape index (κ2) is 13.6. The number of piperazine rings is 1. The SMILES string of the molecule is CCc1nc(C(N)=O)c(Nc2ccc(N3CCC(N4CCN(C)CC4)CC3)c(C)c2)nc1N[C@@H]1CCc2ccc(OC)cc2C1. The molecule has 1 aliphatic carbocycles. The van der Waals surface area contributed by atoms with Gasteiger partial charge in [-0.05, 0) is 99.5 Å². The number of amides is 1. The van der Waals surface area contributed by atoms with E-state index in [0.717, 1.165) is 49.5 Å². The van der Waals surface area contributed by atoms with Gasteiger partial charge in [-0.15, -0.1) is 0 Å². The number of hydrogen-bond donors (Lipinski definition) is 3. The van der Waals surface area contributed by atoms with E-state index >= 15 is 0 Å². The van der Waals surface area contributed by atoms with E-state index in [2.05, 4.69) is 69.6 Å². The number of fused-ring (bicyclic) bond motifs is 1. The Hall–Kier alpha value is -3.89. The third-order valence-electron chi connectivity index (χ3n) is 9.84. The average molecular weight is 613 g/mol. The molecule has 1 atom stereocenters. The van der Waals surface area contributed by atoms with Crippen molar-refractivity contribution in [2.24, 2.45) is 5.73 Å². The van der Waals surface area contributed by atoms with Crippen LogP contribution in [0, 0.1) is 6.92 Å². The van der Waals surface area contributed by atoms with Crippen LogP contribution in [0.1, 0.15) is 59.1 Å². The maximum absolute atomic E-state index is 12.5. The number of rotatable bonds is 9. The van der Waals surface area contributed by atoms with E-state index in [1.807, 2.05) is 13.0 Å². The standard InChI is InChI=1S/C35H48N8O2/c1-5-30-34(37-27-8-6-24-7-10-29(45-4)22-25(24)21-27)40-35(32(39-30)33(36)44)38-26-9-11-31(23(2)20-26)43-14-12-28(13-15-43)42-18-16-41(3)17-19-42/h7,9-11,20,22,27-28H,5-6,8,12-19,21H2,1-4H3,(H2,36,44)(H2,37,38,40)/t27-/m1/s1. The summed E-state index contributed by atoms with van der Waals surface area (Å²) in [5.74, 6) is 1.34. The summed E-state index contributed by atoms with van der Waals surface area (Å²) in [5, 5.41) is 7.02. The van der Waals surface area contributed by atoms with Gasteiger partial charge in [-0.3, -0.25) is 9.69 Å². The van der Waals surface area contributed by atoms with Crippen molar-refractivity contribution < 1.29 is 9.53 Å². The highest BCUT2D eigenvalue weighted by atomic mass is 16.5. The van der Waals surface area contributed by atoms with Crippen molar-refractivity contribution in [3.05, 3.63) is 64.5 Å². The molecule has 10 nitrogen and oxygen atoms in total. The van der Waals surface area contributed by atoms with Gasteiger partial charge in [0.25, 0.3) is 5.91 Å². The molecule has 0 unspecified atom stereocenters. The minimum atomic E-state index is -0.596. The summed E-state index contributed by atoms with van der Waals surface area (Å²) in [7, 11) is 3.92. The summed E-state index contributed by atoms with van der Waals surface area (Å²) in [4.78, 5) is 29.7. The molecule has 3 heterocycles.